The maximum atomic E-state index is 13.7. The molecule has 11 heteroatoms. The van der Waals surface area contributed by atoms with Gasteiger partial charge in [0.15, 0.2) is 5.82 Å². The maximum Gasteiger partial charge on any atom is 0.316 e. The number of esters is 1. The van der Waals surface area contributed by atoms with E-state index in [9.17, 15) is 9.18 Å². The van der Waals surface area contributed by atoms with Gasteiger partial charge >= 0.3 is 5.97 Å². The van der Waals surface area contributed by atoms with Gasteiger partial charge in [-0.1, -0.05) is 12.7 Å². The zero-order valence-electron chi connectivity index (χ0n) is 21.5. The first-order valence-corrected chi connectivity index (χ1v) is 12.5. The largest absolute Gasteiger partial charge is 0.461 e. The van der Waals surface area contributed by atoms with Crippen LogP contribution in [0.5, 0.6) is 0 Å². The second-order valence-electron chi connectivity index (χ2n) is 9.79. The van der Waals surface area contributed by atoms with Crippen LogP contribution in [0.15, 0.2) is 49.2 Å². The van der Waals surface area contributed by atoms with Gasteiger partial charge in [0, 0.05) is 37.9 Å². The summed E-state index contributed by atoms with van der Waals surface area (Å²) < 4.78 is 30.7. The third-order valence-electron chi connectivity index (χ3n) is 6.68. The second-order valence-corrected chi connectivity index (χ2v) is 9.79. The van der Waals surface area contributed by atoms with Gasteiger partial charge in [-0.25, -0.2) is 19.3 Å². The highest BCUT2D eigenvalue weighted by atomic mass is 19.1. The molecule has 0 aliphatic carbocycles. The molecule has 0 radical (unpaired) electrons. The van der Waals surface area contributed by atoms with Gasteiger partial charge in [0.1, 0.15) is 17.8 Å². The lowest BCUT2D eigenvalue weighted by molar-refractivity contribution is -0.238. The van der Waals surface area contributed by atoms with Gasteiger partial charge in [-0.05, 0) is 44.3 Å². The summed E-state index contributed by atoms with van der Waals surface area (Å²) in [4.78, 5) is 34.3. The van der Waals surface area contributed by atoms with E-state index in [1.54, 1.807) is 31.3 Å². The van der Waals surface area contributed by atoms with Gasteiger partial charge in [-0.15, -0.1) is 0 Å². The van der Waals surface area contributed by atoms with E-state index in [1.807, 2.05) is 0 Å². The molecule has 5 rings (SSSR count). The fourth-order valence-electron chi connectivity index (χ4n) is 4.35. The van der Waals surface area contributed by atoms with Gasteiger partial charge in [0.25, 0.3) is 0 Å². The van der Waals surface area contributed by atoms with E-state index in [0.29, 0.717) is 34.4 Å². The number of halogens is 1. The number of aromatic amines is 1. The summed E-state index contributed by atoms with van der Waals surface area (Å²) in [6.07, 6.45) is 2.40. The summed E-state index contributed by atoms with van der Waals surface area (Å²) in [7, 11) is 2.10. The van der Waals surface area contributed by atoms with Crippen LogP contribution in [0.2, 0.25) is 0 Å². The molecule has 0 unspecified atom stereocenters. The first-order chi connectivity index (χ1) is 18.4. The number of carbonyl (C=O) groups excluding carboxylic acids is 1. The predicted molar refractivity (Wildman–Crippen MR) is 139 cm³/mol. The van der Waals surface area contributed by atoms with E-state index in [-0.39, 0.29) is 25.6 Å². The number of rotatable bonds is 7. The maximum absolute atomic E-state index is 13.7. The monoisotopic (exact) mass is 522 g/mol. The molecule has 2 aliphatic rings. The standard InChI is InChI=1S/C27H31FN6O4/c1-4-15-36-25(35)27(2)16-37-24(38-17-27)23-31-21(18-5-7-19(28)8-6-18)22(32-23)20-9-10-29-26(30-20)34-13-11-33(3)12-14-34/h4-10,24H,1,11-17H2,2-3H3,(H,31,32). The molecule has 2 saturated heterocycles. The number of ether oxygens (including phenoxy) is 3. The Labute approximate surface area is 220 Å². The molecule has 0 spiro atoms. The van der Waals surface area contributed by atoms with Crippen molar-refractivity contribution in [1.82, 2.24) is 24.8 Å². The number of H-pyrrole nitrogens is 1. The Morgan fingerprint density at radius 2 is 1.89 bits per heavy atom. The van der Waals surface area contributed by atoms with Crippen molar-refractivity contribution in [3.05, 3.63) is 60.8 Å². The lowest BCUT2D eigenvalue weighted by Gasteiger charge is -2.34. The summed E-state index contributed by atoms with van der Waals surface area (Å²) in [6, 6.07) is 7.90. The zero-order chi connectivity index (χ0) is 26.7. The molecule has 2 aliphatic heterocycles. The van der Waals surface area contributed by atoms with Crippen LogP contribution in [-0.4, -0.2) is 83.9 Å². The molecule has 4 heterocycles. The number of carbonyl (C=O) groups is 1. The summed E-state index contributed by atoms with van der Waals surface area (Å²) in [6.45, 7) is 9.12. The molecule has 10 nitrogen and oxygen atoms in total. The lowest BCUT2D eigenvalue weighted by Crippen LogP contribution is -2.45. The van der Waals surface area contributed by atoms with Crippen molar-refractivity contribution in [1.29, 1.82) is 0 Å². The number of piperazine rings is 1. The van der Waals surface area contributed by atoms with Crippen molar-refractivity contribution in [3.8, 4) is 22.6 Å². The molecule has 0 bridgehead atoms. The highest BCUT2D eigenvalue weighted by Crippen LogP contribution is 2.36. The van der Waals surface area contributed by atoms with Crippen molar-refractivity contribution in [2.24, 2.45) is 5.41 Å². The fraction of sp³-hybridized carbons (Fsp3) is 0.407. The highest BCUT2D eigenvalue weighted by molar-refractivity contribution is 5.78. The number of aromatic nitrogens is 4. The number of nitrogens with zero attached hydrogens (tertiary/aromatic N) is 5. The number of nitrogens with one attached hydrogen (secondary N) is 1. The molecule has 38 heavy (non-hydrogen) atoms. The normalized spacial score (nSPS) is 22.3. The highest BCUT2D eigenvalue weighted by Gasteiger charge is 2.42. The summed E-state index contributed by atoms with van der Waals surface area (Å²) in [5.74, 6) is 0.295. The predicted octanol–water partition coefficient (Wildman–Crippen LogP) is 3.21. The van der Waals surface area contributed by atoms with E-state index in [2.05, 4.69) is 33.4 Å². The summed E-state index contributed by atoms with van der Waals surface area (Å²) in [5.41, 5.74) is 1.61. The number of imidazole rings is 1. The Kier molecular flexibility index (Phi) is 7.50. The topological polar surface area (TPSA) is 106 Å². The molecule has 2 aromatic heterocycles. The number of hydrogen-bond acceptors (Lipinski definition) is 9. The van der Waals surface area contributed by atoms with Crippen LogP contribution in [0.1, 0.15) is 19.0 Å². The van der Waals surface area contributed by atoms with Crippen LogP contribution in [0, 0.1) is 11.2 Å². The molecule has 2 fully saturated rings. The molecule has 0 saturated carbocycles. The van der Waals surface area contributed by atoms with E-state index in [1.165, 1.54) is 18.2 Å². The third-order valence-corrected chi connectivity index (χ3v) is 6.68. The van der Waals surface area contributed by atoms with Crippen molar-refractivity contribution in [2.75, 3.05) is 57.9 Å². The van der Waals surface area contributed by atoms with E-state index in [4.69, 9.17) is 24.2 Å². The molecule has 1 aromatic carbocycles. The van der Waals surface area contributed by atoms with Gasteiger partial charge in [0.05, 0.1) is 30.3 Å². The SMILES string of the molecule is C=CCOC(=O)C1(C)COC(c2nc(-c3ccc(F)cc3)c(-c3ccnc(N4CCN(C)CC4)n3)[nH]2)OC1. The van der Waals surface area contributed by atoms with Gasteiger partial charge < -0.3 is 29.0 Å². The van der Waals surface area contributed by atoms with Crippen molar-refractivity contribution < 1.29 is 23.4 Å². The molecule has 1 N–H and O–H groups in total. The lowest BCUT2D eigenvalue weighted by atomic mass is 9.92. The summed E-state index contributed by atoms with van der Waals surface area (Å²) >= 11 is 0. The molecular weight excluding hydrogens is 491 g/mol. The number of anilines is 1. The number of hydrogen-bond donors (Lipinski definition) is 1. The van der Waals surface area contributed by atoms with Gasteiger partial charge in [-0.3, -0.25) is 4.79 Å². The van der Waals surface area contributed by atoms with Crippen LogP contribution in [-0.2, 0) is 19.0 Å². The number of benzene rings is 1. The minimum Gasteiger partial charge on any atom is -0.461 e. The Morgan fingerprint density at radius 1 is 1.18 bits per heavy atom. The minimum atomic E-state index is -0.946. The molecule has 0 atom stereocenters. The van der Waals surface area contributed by atoms with Crippen LogP contribution in [0.3, 0.4) is 0 Å². The first-order valence-electron chi connectivity index (χ1n) is 12.5. The smallest absolute Gasteiger partial charge is 0.316 e. The van der Waals surface area contributed by atoms with E-state index in [0.717, 1.165) is 26.2 Å². The number of likely N-dealkylation sites (N-methyl/N-ethyl adjacent to an activating group) is 1. The molecular formula is C27H31FN6O4. The fourth-order valence-corrected chi connectivity index (χ4v) is 4.35. The third kappa shape index (κ3) is 5.45. The van der Waals surface area contributed by atoms with Crippen LogP contribution < -0.4 is 4.90 Å². The van der Waals surface area contributed by atoms with Crippen LogP contribution in [0.25, 0.3) is 22.6 Å². The van der Waals surface area contributed by atoms with E-state index < -0.39 is 17.7 Å². The molecule has 0 amide bonds. The van der Waals surface area contributed by atoms with Crippen molar-refractivity contribution in [2.45, 2.75) is 13.2 Å². The second kappa shape index (κ2) is 11.0. The molecule has 200 valence electrons. The van der Waals surface area contributed by atoms with Crippen LogP contribution in [0.4, 0.5) is 10.3 Å². The quantitative estimate of drug-likeness (QED) is 0.370. The molecule has 3 aromatic rings. The Balaban J connectivity index is 1.44. The van der Waals surface area contributed by atoms with Gasteiger partial charge in [0.2, 0.25) is 12.2 Å². The van der Waals surface area contributed by atoms with Crippen molar-refractivity contribution in [3.63, 3.8) is 0 Å². The summed E-state index contributed by atoms with van der Waals surface area (Å²) in [5, 5.41) is 0. The Hall–Kier alpha value is -3.67. The zero-order valence-corrected chi connectivity index (χ0v) is 21.5. The average molecular weight is 523 g/mol. The van der Waals surface area contributed by atoms with Gasteiger partial charge in [-0.2, -0.15) is 0 Å². The van der Waals surface area contributed by atoms with Crippen LogP contribution >= 0.6 is 0 Å². The minimum absolute atomic E-state index is 0.0939. The Morgan fingerprint density at radius 3 is 2.58 bits per heavy atom. The van der Waals surface area contributed by atoms with E-state index >= 15 is 0 Å². The first kappa shape index (κ1) is 26.0. The average Bonchev–Trinajstić information content (AvgIpc) is 3.38. The van der Waals surface area contributed by atoms with Crippen molar-refractivity contribution >= 4 is 11.9 Å². The Bertz CT molecular complexity index is 1280.